The number of rotatable bonds is 3. The fraction of sp³-hybridized carbons (Fsp3) is 0.250. The quantitative estimate of drug-likeness (QED) is 0.887. The first-order chi connectivity index (χ1) is 9.78. The molecule has 1 atom stereocenters. The molecule has 22 heavy (non-hydrogen) atoms. The normalized spacial score (nSPS) is 12.5. The molecule has 0 aromatic heterocycles. The Bertz CT molecular complexity index is 626. The van der Waals surface area contributed by atoms with Crippen LogP contribution >= 0.6 is 12.4 Å². The van der Waals surface area contributed by atoms with E-state index < -0.39 is 6.36 Å². The lowest BCUT2D eigenvalue weighted by molar-refractivity contribution is -0.274. The molecule has 0 aliphatic heterocycles. The molecule has 0 unspecified atom stereocenters. The molecule has 2 N–H and O–H groups in total. The molecule has 2 aromatic rings. The van der Waals surface area contributed by atoms with Crippen molar-refractivity contribution in [1.29, 1.82) is 0 Å². The van der Waals surface area contributed by atoms with Crippen LogP contribution in [-0.2, 0) is 0 Å². The molecule has 0 heterocycles. The van der Waals surface area contributed by atoms with Gasteiger partial charge < -0.3 is 10.5 Å². The van der Waals surface area contributed by atoms with Gasteiger partial charge in [0.1, 0.15) is 5.75 Å². The first kappa shape index (κ1) is 18.3. The van der Waals surface area contributed by atoms with Crippen molar-refractivity contribution in [2.75, 3.05) is 0 Å². The lowest BCUT2D eigenvalue weighted by Gasteiger charge is -2.17. The average Bonchev–Trinajstić information content (AvgIpc) is 2.40. The van der Waals surface area contributed by atoms with E-state index in [-0.39, 0.29) is 24.2 Å². The van der Waals surface area contributed by atoms with Crippen molar-refractivity contribution in [1.82, 2.24) is 0 Å². The predicted octanol–water partition coefficient (Wildman–Crippen LogP) is 4.67. The average molecular weight is 332 g/mol. The zero-order valence-corrected chi connectivity index (χ0v) is 13.0. The summed E-state index contributed by atoms with van der Waals surface area (Å²) in [4.78, 5) is 0. The van der Waals surface area contributed by atoms with Gasteiger partial charge >= 0.3 is 6.36 Å². The van der Waals surface area contributed by atoms with Crippen LogP contribution in [0.15, 0.2) is 42.5 Å². The minimum Gasteiger partial charge on any atom is -0.406 e. The Hall–Kier alpha value is -1.72. The minimum atomic E-state index is -4.68. The first-order valence-corrected chi connectivity index (χ1v) is 6.45. The summed E-state index contributed by atoms with van der Waals surface area (Å²) in [5, 5.41) is 0. The highest BCUT2D eigenvalue weighted by Gasteiger charge is 2.31. The van der Waals surface area contributed by atoms with Crippen LogP contribution in [0.5, 0.6) is 5.75 Å². The molecule has 0 bridgehead atoms. The molecule has 0 spiro atoms. The highest BCUT2D eigenvalue weighted by Crippen LogP contribution is 2.27. The largest absolute Gasteiger partial charge is 0.573 e. The number of hydrogen-bond donors (Lipinski definition) is 1. The lowest BCUT2D eigenvalue weighted by atomic mass is 9.93. The van der Waals surface area contributed by atoms with E-state index in [0.29, 0.717) is 0 Å². The number of aryl methyl sites for hydroxylation is 1. The van der Waals surface area contributed by atoms with E-state index in [1.807, 2.05) is 32.0 Å². The van der Waals surface area contributed by atoms with E-state index in [4.69, 9.17) is 5.73 Å². The predicted molar refractivity (Wildman–Crippen MR) is 82.3 cm³/mol. The van der Waals surface area contributed by atoms with Crippen molar-refractivity contribution in [2.45, 2.75) is 26.3 Å². The van der Waals surface area contributed by atoms with Crippen LogP contribution in [-0.4, -0.2) is 6.36 Å². The maximum Gasteiger partial charge on any atom is 0.573 e. The fourth-order valence-electron chi connectivity index (χ4n) is 2.17. The van der Waals surface area contributed by atoms with Crippen LogP contribution in [0.25, 0.3) is 0 Å². The van der Waals surface area contributed by atoms with Crippen LogP contribution in [0.3, 0.4) is 0 Å². The second-order valence-corrected chi connectivity index (χ2v) is 4.88. The lowest BCUT2D eigenvalue weighted by Crippen LogP contribution is -2.17. The summed E-state index contributed by atoms with van der Waals surface area (Å²) in [5.41, 5.74) is 10.1. The van der Waals surface area contributed by atoms with Crippen LogP contribution < -0.4 is 10.5 Å². The molecule has 2 aromatic carbocycles. The molecule has 2 nitrogen and oxygen atoms in total. The Morgan fingerprint density at radius 2 is 1.59 bits per heavy atom. The molecule has 0 saturated carbocycles. The third-order valence-electron chi connectivity index (χ3n) is 3.45. The van der Waals surface area contributed by atoms with Crippen LogP contribution in [0.2, 0.25) is 0 Å². The van der Waals surface area contributed by atoms with E-state index in [1.165, 1.54) is 12.1 Å². The van der Waals surface area contributed by atoms with Gasteiger partial charge in [0.25, 0.3) is 0 Å². The van der Waals surface area contributed by atoms with Gasteiger partial charge in [0.05, 0.1) is 6.04 Å². The second-order valence-electron chi connectivity index (χ2n) is 4.88. The van der Waals surface area contributed by atoms with Gasteiger partial charge in [-0.05, 0) is 48.2 Å². The van der Waals surface area contributed by atoms with Crippen LogP contribution in [0, 0.1) is 13.8 Å². The van der Waals surface area contributed by atoms with Gasteiger partial charge in [-0.3, -0.25) is 0 Å². The molecule has 0 fully saturated rings. The number of halogens is 4. The summed E-state index contributed by atoms with van der Waals surface area (Å²) in [7, 11) is 0. The molecule has 120 valence electrons. The Labute approximate surface area is 133 Å². The van der Waals surface area contributed by atoms with E-state index in [2.05, 4.69) is 4.74 Å². The Morgan fingerprint density at radius 3 is 2.14 bits per heavy atom. The number of ether oxygens (including phenoxy) is 1. The van der Waals surface area contributed by atoms with Crippen LogP contribution in [0.1, 0.15) is 28.3 Å². The van der Waals surface area contributed by atoms with Crippen molar-refractivity contribution in [3.8, 4) is 5.75 Å². The monoisotopic (exact) mass is 331 g/mol. The first-order valence-electron chi connectivity index (χ1n) is 6.45. The highest BCUT2D eigenvalue weighted by molar-refractivity contribution is 5.85. The number of alkyl halides is 3. The van der Waals surface area contributed by atoms with Crippen molar-refractivity contribution in [3.05, 3.63) is 64.7 Å². The molecular weight excluding hydrogens is 315 g/mol. The molecule has 0 aliphatic rings. The molecule has 0 aliphatic carbocycles. The van der Waals surface area contributed by atoms with Gasteiger partial charge in [-0.1, -0.05) is 30.3 Å². The van der Waals surface area contributed by atoms with E-state index in [0.717, 1.165) is 22.3 Å². The molecule has 2 rings (SSSR count). The minimum absolute atomic E-state index is 0. The van der Waals surface area contributed by atoms with Gasteiger partial charge in [-0.2, -0.15) is 0 Å². The summed E-state index contributed by atoms with van der Waals surface area (Å²) in [6.45, 7) is 3.97. The zero-order valence-electron chi connectivity index (χ0n) is 12.1. The van der Waals surface area contributed by atoms with Gasteiger partial charge in [0.15, 0.2) is 0 Å². The maximum atomic E-state index is 12.1. The van der Waals surface area contributed by atoms with E-state index in [1.54, 1.807) is 12.1 Å². The van der Waals surface area contributed by atoms with Gasteiger partial charge in [0.2, 0.25) is 0 Å². The third-order valence-corrected chi connectivity index (χ3v) is 3.45. The van der Waals surface area contributed by atoms with Gasteiger partial charge in [-0.15, -0.1) is 25.6 Å². The number of hydrogen-bond acceptors (Lipinski definition) is 2. The summed E-state index contributed by atoms with van der Waals surface area (Å²) in [6.07, 6.45) is -4.68. The fourth-order valence-corrected chi connectivity index (χ4v) is 2.17. The summed E-state index contributed by atoms with van der Waals surface area (Å²) in [6, 6.07) is 11.1. The highest BCUT2D eigenvalue weighted by atomic mass is 35.5. The summed E-state index contributed by atoms with van der Waals surface area (Å²) >= 11 is 0. The zero-order chi connectivity index (χ0) is 15.6. The Morgan fingerprint density at radius 1 is 1.00 bits per heavy atom. The van der Waals surface area contributed by atoms with E-state index >= 15 is 0 Å². The van der Waals surface area contributed by atoms with Crippen molar-refractivity contribution in [2.24, 2.45) is 5.73 Å². The number of nitrogens with two attached hydrogens (primary N) is 1. The Balaban J connectivity index is 0.00000242. The van der Waals surface area contributed by atoms with E-state index in [9.17, 15) is 13.2 Å². The Kier molecular flexibility index (Phi) is 5.85. The molecule has 0 radical (unpaired) electrons. The molecule has 0 amide bonds. The molecular formula is C16H17ClF3NO. The second kappa shape index (κ2) is 7.03. The summed E-state index contributed by atoms with van der Waals surface area (Å²) < 4.78 is 40.2. The number of benzene rings is 2. The maximum absolute atomic E-state index is 12.1. The van der Waals surface area contributed by atoms with Crippen molar-refractivity contribution in [3.63, 3.8) is 0 Å². The van der Waals surface area contributed by atoms with Crippen molar-refractivity contribution >= 4 is 12.4 Å². The molecule has 0 saturated heterocycles. The third kappa shape index (κ3) is 4.39. The summed E-state index contributed by atoms with van der Waals surface area (Å²) in [5.74, 6) is -0.251. The standard InChI is InChI=1S/C16H16F3NO.ClH/c1-10-4-3-5-14(11(10)2)15(20)12-6-8-13(9-7-12)21-16(17,18)19;/h3-9,15H,20H2,1-2H3;1H/t15-;/m1./s1. The molecule has 6 heteroatoms. The topological polar surface area (TPSA) is 35.2 Å². The van der Waals surface area contributed by atoms with Crippen LogP contribution in [0.4, 0.5) is 13.2 Å². The SMILES string of the molecule is Cc1cccc([C@H](N)c2ccc(OC(F)(F)F)cc2)c1C.Cl. The van der Waals surface area contributed by atoms with Crippen molar-refractivity contribution < 1.29 is 17.9 Å². The van der Waals surface area contributed by atoms with Gasteiger partial charge in [0, 0.05) is 0 Å². The van der Waals surface area contributed by atoms with Gasteiger partial charge in [-0.25, -0.2) is 0 Å². The smallest absolute Gasteiger partial charge is 0.406 e.